The largest absolute Gasteiger partial charge is 0.481 e. The standard InChI is InChI=1S/C10H10FNO3/c11-7-3-1-6(2-4-7)10(15)8(12)5-9(13)14/h1-4,8H,5,12H2,(H,13,14). The molecule has 0 saturated heterocycles. The molecule has 0 aliphatic rings. The first-order valence-electron chi connectivity index (χ1n) is 4.28. The molecule has 0 spiro atoms. The van der Waals surface area contributed by atoms with Gasteiger partial charge in [-0.05, 0) is 24.3 Å². The van der Waals surface area contributed by atoms with E-state index in [0.29, 0.717) is 0 Å². The highest BCUT2D eigenvalue weighted by Gasteiger charge is 2.18. The lowest BCUT2D eigenvalue weighted by atomic mass is 10.0. The van der Waals surface area contributed by atoms with Gasteiger partial charge in [-0.3, -0.25) is 9.59 Å². The van der Waals surface area contributed by atoms with Crippen molar-refractivity contribution < 1.29 is 19.1 Å². The number of halogens is 1. The normalized spacial score (nSPS) is 12.1. The van der Waals surface area contributed by atoms with E-state index in [-0.39, 0.29) is 5.56 Å². The predicted molar refractivity (Wildman–Crippen MR) is 51.0 cm³/mol. The van der Waals surface area contributed by atoms with Crippen LogP contribution in [0.4, 0.5) is 4.39 Å². The number of nitrogens with two attached hydrogens (primary N) is 1. The van der Waals surface area contributed by atoms with E-state index in [4.69, 9.17) is 10.8 Å². The lowest BCUT2D eigenvalue weighted by Crippen LogP contribution is -2.32. The second-order valence-electron chi connectivity index (χ2n) is 3.08. The summed E-state index contributed by atoms with van der Waals surface area (Å²) in [6.07, 6.45) is -0.434. The van der Waals surface area contributed by atoms with Crippen LogP contribution in [-0.2, 0) is 4.79 Å². The Balaban J connectivity index is 2.76. The van der Waals surface area contributed by atoms with Gasteiger partial charge in [0.1, 0.15) is 5.82 Å². The van der Waals surface area contributed by atoms with Gasteiger partial charge in [0.2, 0.25) is 0 Å². The summed E-state index contributed by atoms with van der Waals surface area (Å²) >= 11 is 0. The summed E-state index contributed by atoms with van der Waals surface area (Å²) in [5.74, 6) is -2.10. The first-order chi connectivity index (χ1) is 7.00. The van der Waals surface area contributed by atoms with Gasteiger partial charge in [-0.15, -0.1) is 0 Å². The third-order valence-corrected chi connectivity index (χ3v) is 1.86. The molecule has 1 unspecified atom stereocenters. The van der Waals surface area contributed by atoms with Gasteiger partial charge in [-0.2, -0.15) is 0 Å². The number of benzene rings is 1. The Bertz CT molecular complexity index is 375. The van der Waals surface area contributed by atoms with Gasteiger partial charge in [0, 0.05) is 5.56 Å². The second-order valence-corrected chi connectivity index (χ2v) is 3.08. The fraction of sp³-hybridized carbons (Fsp3) is 0.200. The minimum absolute atomic E-state index is 0.213. The molecular formula is C10H10FNO3. The lowest BCUT2D eigenvalue weighted by Gasteiger charge is -2.07. The molecule has 80 valence electrons. The molecule has 4 nitrogen and oxygen atoms in total. The van der Waals surface area contributed by atoms with Crippen LogP contribution in [0.1, 0.15) is 16.8 Å². The molecule has 0 saturated carbocycles. The summed E-state index contributed by atoms with van der Waals surface area (Å²) in [6.45, 7) is 0. The van der Waals surface area contributed by atoms with Crippen molar-refractivity contribution in [2.75, 3.05) is 0 Å². The van der Waals surface area contributed by atoms with Gasteiger partial charge >= 0.3 is 5.97 Å². The van der Waals surface area contributed by atoms with Crippen LogP contribution >= 0.6 is 0 Å². The van der Waals surface area contributed by atoms with Gasteiger partial charge < -0.3 is 10.8 Å². The molecule has 5 heteroatoms. The number of aliphatic carboxylic acids is 1. The predicted octanol–water partition coefficient (Wildman–Crippen LogP) is 0.810. The smallest absolute Gasteiger partial charge is 0.305 e. The zero-order valence-corrected chi connectivity index (χ0v) is 7.81. The number of rotatable bonds is 4. The Morgan fingerprint density at radius 1 is 1.33 bits per heavy atom. The van der Waals surface area contributed by atoms with Crippen molar-refractivity contribution in [1.82, 2.24) is 0 Å². The summed E-state index contributed by atoms with van der Waals surface area (Å²) in [7, 11) is 0. The molecule has 0 aromatic heterocycles. The van der Waals surface area contributed by atoms with Crippen LogP contribution in [0.15, 0.2) is 24.3 Å². The number of carbonyl (C=O) groups excluding carboxylic acids is 1. The van der Waals surface area contributed by atoms with Crippen LogP contribution in [0.3, 0.4) is 0 Å². The van der Waals surface area contributed by atoms with Crippen LogP contribution in [0.5, 0.6) is 0 Å². The maximum Gasteiger partial charge on any atom is 0.305 e. The lowest BCUT2D eigenvalue weighted by molar-refractivity contribution is -0.137. The summed E-state index contributed by atoms with van der Waals surface area (Å²) in [6, 6.07) is 3.72. The van der Waals surface area contributed by atoms with Crippen LogP contribution in [-0.4, -0.2) is 22.9 Å². The highest BCUT2D eigenvalue weighted by Crippen LogP contribution is 2.06. The number of hydrogen-bond donors (Lipinski definition) is 2. The Kier molecular flexibility index (Phi) is 3.51. The summed E-state index contributed by atoms with van der Waals surface area (Å²) in [5.41, 5.74) is 5.58. The van der Waals surface area contributed by atoms with Crippen molar-refractivity contribution in [3.05, 3.63) is 35.6 Å². The summed E-state index contributed by atoms with van der Waals surface area (Å²) in [4.78, 5) is 21.8. The van der Waals surface area contributed by atoms with Crippen molar-refractivity contribution in [2.24, 2.45) is 5.73 Å². The Hall–Kier alpha value is -1.75. The molecule has 0 radical (unpaired) electrons. The van der Waals surface area contributed by atoms with E-state index in [1.54, 1.807) is 0 Å². The van der Waals surface area contributed by atoms with Crippen molar-refractivity contribution in [1.29, 1.82) is 0 Å². The van der Waals surface area contributed by atoms with Crippen LogP contribution in [0.25, 0.3) is 0 Å². The van der Waals surface area contributed by atoms with Crippen LogP contribution in [0, 0.1) is 5.82 Å². The molecule has 0 aliphatic heterocycles. The Labute approximate surface area is 85.5 Å². The number of carboxylic acids is 1. The number of Topliss-reactive ketones (excluding diaryl/α,β-unsaturated/α-hetero) is 1. The zero-order valence-electron chi connectivity index (χ0n) is 7.81. The molecule has 0 fully saturated rings. The summed E-state index contributed by atoms with van der Waals surface area (Å²) < 4.78 is 12.5. The third-order valence-electron chi connectivity index (χ3n) is 1.86. The minimum Gasteiger partial charge on any atom is -0.481 e. The maximum atomic E-state index is 12.5. The number of hydrogen-bond acceptors (Lipinski definition) is 3. The highest BCUT2D eigenvalue weighted by atomic mass is 19.1. The monoisotopic (exact) mass is 211 g/mol. The molecule has 1 atom stereocenters. The Morgan fingerprint density at radius 3 is 2.33 bits per heavy atom. The quantitative estimate of drug-likeness (QED) is 0.722. The van der Waals surface area contributed by atoms with E-state index in [2.05, 4.69) is 0 Å². The number of ketones is 1. The van der Waals surface area contributed by atoms with Crippen LogP contribution in [0.2, 0.25) is 0 Å². The van der Waals surface area contributed by atoms with Crippen molar-refractivity contribution in [2.45, 2.75) is 12.5 Å². The molecule has 3 N–H and O–H groups in total. The first kappa shape index (κ1) is 11.3. The molecule has 15 heavy (non-hydrogen) atoms. The van der Waals surface area contributed by atoms with E-state index in [0.717, 1.165) is 12.1 Å². The minimum atomic E-state index is -1.14. The van der Waals surface area contributed by atoms with E-state index in [9.17, 15) is 14.0 Å². The first-order valence-corrected chi connectivity index (χ1v) is 4.28. The molecule has 0 aliphatic carbocycles. The van der Waals surface area contributed by atoms with Gasteiger partial charge in [0.05, 0.1) is 12.5 Å². The van der Waals surface area contributed by atoms with E-state index in [1.165, 1.54) is 12.1 Å². The molecular weight excluding hydrogens is 201 g/mol. The number of carboxylic acid groups (broad SMARTS) is 1. The molecule has 0 bridgehead atoms. The molecule has 1 aromatic rings. The van der Waals surface area contributed by atoms with Crippen molar-refractivity contribution in [3.8, 4) is 0 Å². The fourth-order valence-electron chi connectivity index (χ4n) is 1.11. The highest BCUT2D eigenvalue weighted by molar-refractivity contribution is 6.01. The van der Waals surface area contributed by atoms with Crippen LogP contribution < -0.4 is 5.73 Å². The molecule has 0 amide bonds. The molecule has 0 heterocycles. The molecule has 1 aromatic carbocycles. The van der Waals surface area contributed by atoms with Gasteiger partial charge in [-0.1, -0.05) is 0 Å². The second kappa shape index (κ2) is 4.65. The van der Waals surface area contributed by atoms with Gasteiger partial charge in [0.15, 0.2) is 5.78 Å². The maximum absolute atomic E-state index is 12.5. The summed E-state index contributed by atoms with van der Waals surface area (Å²) in [5, 5.41) is 8.43. The SMILES string of the molecule is NC(CC(=O)O)C(=O)c1ccc(F)cc1. The van der Waals surface area contributed by atoms with Crippen molar-refractivity contribution >= 4 is 11.8 Å². The van der Waals surface area contributed by atoms with Gasteiger partial charge in [0.25, 0.3) is 0 Å². The third kappa shape index (κ3) is 3.14. The topological polar surface area (TPSA) is 80.4 Å². The number of carbonyl (C=O) groups is 2. The van der Waals surface area contributed by atoms with Gasteiger partial charge in [-0.25, -0.2) is 4.39 Å². The average molecular weight is 211 g/mol. The van der Waals surface area contributed by atoms with Crippen molar-refractivity contribution in [3.63, 3.8) is 0 Å². The van der Waals surface area contributed by atoms with E-state index in [1.807, 2.05) is 0 Å². The Morgan fingerprint density at radius 2 is 1.87 bits per heavy atom. The van der Waals surface area contributed by atoms with E-state index >= 15 is 0 Å². The van der Waals surface area contributed by atoms with E-state index < -0.39 is 30.0 Å². The zero-order chi connectivity index (χ0) is 11.4. The molecule has 1 rings (SSSR count). The average Bonchev–Trinajstić information content (AvgIpc) is 2.17. The fourth-order valence-corrected chi connectivity index (χ4v) is 1.11.